The number of nitrogens with zero attached hydrogens (tertiary/aromatic N) is 1. The van der Waals surface area contributed by atoms with Crippen LogP contribution in [0.15, 0.2) is 16.8 Å². The minimum absolute atomic E-state index is 0.0586. The summed E-state index contributed by atoms with van der Waals surface area (Å²) >= 11 is 0. The number of carbonyl (C=O) groups is 2. The fraction of sp³-hybridized carbons (Fsp3) is 0.839. The Morgan fingerprint density at radius 3 is 2.63 bits per heavy atom. The lowest BCUT2D eigenvalue weighted by Gasteiger charge is -2.66. The first-order valence-electron chi connectivity index (χ1n) is 15.8. The van der Waals surface area contributed by atoms with E-state index in [4.69, 9.17) is 24.7 Å². The monoisotopic (exact) mass is 605 g/mol. The molecular formula is C31H47N3O9. The van der Waals surface area contributed by atoms with E-state index < -0.39 is 52.7 Å². The van der Waals surface area contributed by atoms with E-state index in [0.717, 1.165) is 24.8 Å². The maximum absolute atomic E-state index is 12.6. The minimum Gasteiger partial charge on any atom is -0.458 e. The number of ether oxygens (including phenoxy) is 4. The molecule has 6 rings (SSSR count). The van der Waals surface area contributed by atoms with Crippen LogP contribution in [-0.2, 0) is 23.7 Å². The van der Waals surface area contributed by atoms with Crippen molar-refractivity contribution in [3.63, 3.8) is 0 Å². The quantitative estimate of drug-likeness (QED) is 0.131. The van der Waals surface area contributed by atoms with Crippen molar-refractivity contribution in [3.05, 3.63) is 11.6 Å². The number of rotatable bonds is 6. The SMILES string of the molecule is CO[C@H]1C[C@H](O[C@@H]2CC[C@]3(/C=N\NC(N)=O)[C@H]4CC[C@]5(C)[C@H](C6=CC(=O)OC6)CC[C@]5(O)[C@@H]4CC[C@]3(O)C2)O[C@H](C)[C@H]1O. The molecule has 2 heterocycles. The molecular weight excluding hydrogens is 558 g/mol. The molecule has 12 nitrogen and oxygen atoms in total. The summed E-state index contributed by atoms with van der Waals surface area (Å²) in [6.07, 6.45) is 6.66. The Morgan fingerprint density at radius 1 is 1.16 bits per heavy atom. The Labute approximate surface area is 252 Å². The molecule has 1 saturated heterocycles. The summed E-state index contributed by atoms with van der Waals surface area (Å²) < 4.78 is 23.1. The number of fused-ring (bicyclic) bond motifs is 5. The largest absolute Gasteiger partial charge is 0.458 e. The number of urea groups is 1. The van der Waals surface area contributed by atoms with E-state index in [1.54, 1.807) is 26.3 Å². The third-order valence-electron chi connectivity index (χ3n) is 12.4. The van der Waals surface area contributed by atoms with E-state index in [0.29, 0.717) is 44.9 Å². The number of methoxy groups -OCH3 is 1. The third-order valence-corrected chi connectivity index (χ3v) is 12.4. The number of amides is 2. The molecule has 2 aliphatic heterocycles. The van der Waals surface area contributed by atoms with Gasteiger partial charge in [0.1, 0.15) is 12.7 Å². The van der Waals surface area contributed by atoms with Crippen LogP contribution in [0.2, 0.25) is 0 Å². The first kappa shape index (κ1) is 30.9. The van der Waals surface area contributed by atoms with Crippen molar-refractivity contribution in [1.82, 2.24) is 5.43 Å². The van der Waals surface area contributed by atoms with Gasteiger partial charge in [-0.3, -0.25) is 0 Å². The first-order chi connectivity index (χ1) is 20.4. The number of cyclic esters (lactones) is 1. The highest BCUT2D eigenvalue weighted by Gasteiger charge is 2.71. The predicted molar refractivity (Wildman–Crippen MR) is 153 cm³/mol. The Kier molecular flexibility index (Phi) is 7.95. The maximum Gasteiger partial charge on any atom is 0.332 e. The molecule has 0 aromatic carbocycles. The predicted octanol–water partition coefficient (Wildman–Crippen LogP) is 1.89. The third kappa shape index (κ3) is 4.84. The molecule has 2 amide bonds. The van der Waals surface area contributed by atoms with Crippen LogP contribution < -0.4 is 11.2 Å². The fourth-order valence-electron chi connectivity index (χ4n) is 10.2. The van der Waals surface area contributed by atoms with Crippen molar-refractivity contribution in [3.8, 4) is 0 Å². The maximum atomic E-state index is 12.6. The number of hydrazone groups is 1. The van der Waals surface area contributed by atoms with Gasteiger partial charge < -0.3 is 40.0 Å². The molecule has 4 aliphatic carbocycles. The van der Waals surface area contributed by atoms with Gasteiger partial charge in [0.2, 0.25) is 0 Å². The van der Waals surface area contributed by atoms with Crippen molar-refractivity contribution in [1.29, 1.82) is 0 Å². The number of primary amides is 1. The molecule has 6 N–H and O–H groups in total. The average Bonchev–Trinajstić information content (AvgIpc) is 3.50. The van der Waals surface area contributed by atoms with Crippen LogP contribution in [0.5, 0.6) is 0 Å². The summed E-state index contributed by atoms with van der Waals surface area (Å²) in [7, 11) is 1.56. The highest BCUT2D eigenvalue weighted by Crippen LogP contribution is 2.70. The second-order valence-corrected chi connectivity index (χ2v) is 14.1. The molecule has 0 aromatic rings. The van der Waals surface area contributed by atoms with Gasteiger partial charge in [-0.05, 0) is 81.6 Å². The van der Waals surface area contributed by atoms with Crippen molar-refractivity contribution in [2.24, 2.45) is 39.4 Å². The molecule has 0 aromatic heterocycles. The number of aliphatic hydroxyl groups excluding tert-OH is 1. The zero-order chi connectivity index (χ0) is 30.8. The fourth-order valence-corrected chi connectivity index (χ4v) is 10.2. The van der Waals surface area contributed by atoms with Gasteiger partial charge in [-0.25, -0.2) is 15.0 Å². The molecule has 12 atom stereocenters. The Hall–Kier alpha value is -2.09. The first-order valence-corrected chi connectivity index (χ1v) is 15.8. The van der Waals surface area contributed by atoms with E-state index >= 15 is 0 Å². The highest BCUT2D eigenvalue weighted by molar-refractivity contribution is 5.85. The number of esters is 1. The van der Waals surface area contributed by atoms with Crippen LogP contribution in [-0.4, -0.2) is 89.2 Å². The van der Waals surface area contributed by atoms with Crippen molar-refractivity contribution in [2.45, 2.75) is 120 Å². The Morgan fingerprint density at radius 2 is 1.93 bits per heavy atom. The molecule has 240 valence electrons. The van der Waals surface area contributed by atoms with Gasteiger partial charge in [0.25, 0.3) is 0 Å². The summed E-state index contributed by atoms with van der Waals surface area (Å²) in [4.78, 5) is 23.5. The van der Waals surface area contributed by atoms with Crippen LogP contribution in [0.4, 0.5) is 4.79 Å². The normalized spacial score (nSPS) is 49.5. The summed E-state index contributed by atoms with van der Waals surface area (Å²) in [5, 5.41) is 39.7. The summed E-state index contributed by atoms with van der Waals surface area (Å²) in [6, 6.07) is -0.783. The van der Waals surface area contributed by atoms with Gasteiger partial charge in [0.05, 0.1) is 29.5 Å². The Bertz CT molecular complexity index is 1180. The standard InChI is InChI=1S/C31H47N3O9/c1-17-26(36)23(40-3)13-25(42-17)43-19-4-9-29(16-33-34-27(32)37)21-5-8-28(2)20(18-12-24(35)41-15-18)7-11-31(28,39)22(21)6-10-30(29,38)14-19/h12,16-17,19-23,25-26,36,38-39H,4-11,13-15H2,1-3H3,(H3,32,34,37)/b33-16-/t17-,19-,20+,21+,22-,23+,25+,26-,28-,29+,30+,31+/m1/s1. The number of nitrogens with one attached hydrogen (secondary N) is 1. The van der Waals surface area contributed by atoms with Crippen LogP contribution in [0, 0.1) is 28.6 Å². The molecule has 0 unspecified atom stereocenters. The van der Waals surface area contributed by atoms with E-state index in [2.05, 4.69) is 17.5 Å². The Balaban J connectivity index is 1.27. The summed E-state index contributed by atoms with van der Waals surface area (Å²) in [6.45, 7) is 4.23. The van der Waals surface area contributed by atoms with Gasteiger partial charge in [-0.15, -0.1) is 0 Å². The molecule has 6 aliphatic rings. The van der Waals surface area contributed by atoms with Gasteiger partial charge in [-0.2, -0.15) is 5.10 Å². The van der Waals surface area contributed by atoms with Crippen molar-refractivity contribution in [2.75, 3.05) is 13.7 Å². The minimum atomic E-state index is -1.20. The van der Waals surface area contributed by atoms with Gasteiger partial charge >= 0.3 is 12.0 Å². The van der Waals surface area contributed by atoms with Crippen molar-refractivity contribution < 1.29 is 43.9 Å². The smallest absolute Gasteiger partial charge is 0.332 e. The molecule has 5 fully saturated rings. The second kappa shape index (κ2) is 11.1. The lowest BCUT2D eigenvalue weighted by Crippen LogP contribution is -2.69. The molecule has 0 radical (unpaired) electrons. The van der Waals surface area contributed by atoms with Gasteiger partial charge in [-0.1, -0.05) is 6.92 Å². The number of aliphatic hydroxyl groups is 3. The highest BCUT2D eigenvalue weighted by atomic mass is 16.7. The lowest BCUT2D eigenvalue weighted by atomic mass is 9.41. The van der Waals surface area contributed by atoms with E-state index in [-0.39, 0.29) is 36.4 Å². The van der Waals surface area contributed by atoms with E-state index in [9.17, 15) is 24.9 Å². The molecule has 4 saturated carbocycles. The van der Waals surface area contributed by atoms with Crippen LogP contribution in [0.3, 0.4) is 0 Å². The zero-order valence-electron chi connectivity index (χ0n) is 25.4. The molecule has 0 bridgehead atoms. The second-order valence-electron chi connectivity index (χ2n) is 14.1. The molecule has 43 heavy (non-hydrogen) atoms. The topological polar surface area (TPSA) is 182 Å². The zero-order valence-corrected chi connectivity index (χ0v) is 25.4. The van der Waals surface area contributed by atoms with Crippen LogP contribution >= 0.6 is 0 Å². The molecule has 0 spiro atoms. The molecule has 12 heteroatoms. The van der Waals surface area contributed by atoms with E-state index in [1.165, 1.54) is 0 Å². The van der Waals surface area contributed by atoms with E-state index in [1.807, 2.05) is 0 Å². The van der Waals surface area contributed by atoms with Gasteiger partial charge in [0, 0.05) is 43.1 Å². The number of carbonyl (C=O) groups excluding carboxylic acids is 2. The number of hydrogen-bond donors (Lipinski definition) is 5. The summed E-state index contributed by atoms with van der Waals surface area (Å²) in [5.74, 6) is -0.442. The lowest BCUT2D eigenvalue weighted by molar-refractivity contribution is -0.284. The number of hydrogen-bond acceptors (Lipinski definition) is 10. The van der Waals surface area contributed by atoms with Gasteiger partial charge in [0.15, 0.2) is 6.29 Å². The van der Waals surface area contributed by atoms with Crippen LogP contribution in [0.25, 0.3) is 0 Å². The van der Waals surface area contributed by atoms with Crippen molar-refractivity contribution >= 4 is 18.2 Å². The van der Waals surface area contributed by atoms with Crippen LogP contribution in [0.1, 0.15) is 78.1 Å². The number of nitrogens with two attached hydrogens (primary N) is 1. The summed E-state index contributed by atoms with van der Waals surface area (Å²) in [5.41, 5.74) is 5.22. The average molecular weight is 606 g/mol.